The molecule has 0 aliphatic carbocycles. The predicted octanol–water partition coefficient (Wildman–Crippen LogP) is 5.21. The van der Waals surface area contributed by atoms with Gasteiger partial charge in [-0.05, 0) is 36.2 Å². The molecule has 6 heteroatoms. The molecule has 1 heterocycles. The summed E-state index contributed by atoms with van der Waals surface area (Å²) in [5.41, 5.74) is 0.219. The number of nitrogens with zero attached hydrogens (tertiary/aromatic N) is 1. The van der Waals surface area contributed by atoms with E-state index in [1.54, 1.807) is 18.2 Å². The van der Waals surface area contributed by atoms with Gasteiger partial charge in [0.1, 0.15) is 0 Å². The maximum atomic E-state index is 13.1. The Bertz CT molecular complexity index is 776. The van der Waals surface area contributed by atoms with Crippen LogP contribution in [-0.4, -0.2) is 12.1 Å². The SMILES string of the molecule is CC1(CC(F)(F)F)C(=O)N(Cc2ccccc2)c2ccc(Br)cc21. The molecule has 1 unspecified atom stereocenters. The van der Waals surface area contributed by atoms with Crippen LogP contribution in [0.4, 0.5) is 18.9 Å². The van der Waals surface area contributed by atoms with Gasteiger partial charge in [0.2, 0.25) is 5.91 Å². The highest BCUT2D eigenvalue weighted by molar-refractivity contribution is 9.10. The molecule has 0 radical (unpaired) electrons. The van der Waals surface area contributed by atoms with Crippen LogP contribution in [0.15, 0.2) is 53.0 Å². The molecule has 0 N–H and O–H groups in total. The van der Waals surface area contributed by atoms with Gasteiger partial charge in [-0.1, -0.05) is 46.3 Å². The number of carbonyl (C=O) groups is 1. The van der Waals surface area contributed by atoms with Gasteiger partial charge in [0.05, 0.1) is 18.4 Å². The average molecular weight is 398 g/mol. The minimum atomic E-state index is -4.42. The van der Waals surface area contributed by atoms with Crippen molar-refractivity contribution in [2.45, 2.75) is 31.5 Å². The van der Waals surface area contributed by atoms with Crippen molar-refractivity contribution in [1.29, 1.82) is 0 Å². The van der Waals surface area contributed by atoms with E-state index in [0.29, 0.717) is 15.7 Å². The van der Waals surface area contributed by atoms with Gasteiger partial charge in [-0.25, -0.2) is 0 Å². The van der Waals surface area contributed by atoms with Crippen LogP contribution in [0.5, 0.6) is 0 Å². The van der Waals surface area contributed by atoms with Crippen molar-refractivity contribution in [3.63, 3.8) is 0 Å². The molecule has 3 rings (SSSR count). The van der Waals surface area contributed by atoms with E-state index < -0.39 is 23.9 Å². The Morgan fingerprint density at radius 3 is 2.42 bits per heavy atom. The highest BCUT2D eigenvalue weighted by atomic mass is 79.9. The van der Waals surface area contributed by atoms with Crippen molar-refractivity contribution in [3.8, 4) is 0 Å². The summed E-state index contributed by atoms with van der Waals surface area (Å²) in [7, 11) is 0. The fraction of sp³-hybridized carbons (Fsp3) is 0.278. The van der Waals surface area contributed by atoms with Gasteiger partial charge >= 0.3 is 6.18 Å². The van der Waals surface area contributed by atoms with Crippen LogP contribution in [0.25, 0.3) is 0 Å². The molecule has 1 amide bonds. The molecule has 1 aliphatic rings. The normalized spacial score (nSPS) is 20.4. The standard InChI is InChI=1S/C18H15BrF3NO/c1-17(11-18(20,21)22)14-9-13(19)7-8-15(14)23(16(17)24)10-12-5-3-2-4-6-12/h2-9H,10-11H2,1H3. The number of carbonyl (C=O) groups excluding carboxylic acids is 1. The molecule has 1 atom stereocenters. The summed E-state index contributed by atoms with van der Waals surface area (Å²) in [6.07, 6.45) is -5.60. The molecule has 0 fully saturated rings. The quantitative estimate of drug-likeness (QED) is 0.696. The van der Waals surface area contributed by atoms with E-state index in [-0.39, 0.29) is 6.54 Å². The highest BCUT2D eigenvalue weighted by Crippen LogP contribution is 2.48. The molecule has 126 valence electrons. The Morgan fingerprint density at radius 1 is 1.12 bits per heavy atom. The van der Waals surface area contributed by atoms with Crippen LogP contribution in [0, 0.1) is 0 Å². The van der Waals surface area contributed by atoms with E-state index in [0.717, 1.165) is 5.56 Å². The first-order valence-electron chi connectivity index (χ1n) is 7.43. The monoisotopic (exact) mass is 397 g/mol. The Balaban J connectivity index is 2.06. The lowest BCUT2D eigenvalue weighted by molar-refractivity contribution is -0.155. The van der Waals surface area contributed by atoms with Crippen LogP contribution >= 0.6 is 15.9 Å². The Morgan fingerprint density at radius 2 is 1.79 bits per heavy atom. The summed E-state index contributed by atoms with van der Waals surface area (Å²) in [6, 6.07) is 14.3. The van der Waals surface area contributed by atoms with E-state index >= 15 is 0 Å². The predicted molar refractivity (Wildman–Crippen MR) is 89.8 cm³/mol. The first kappa shape index (κ1) is 17.0. The smallest absolute Gasteiger partial charge is 0.307 e. The second-order valence-electron chi connectivity index (χ2n) is 6.16. The minimum Gasteiger partial charge on any atom is -0.307 e. The number of halogens is 4. The van der Waals surface area contributed by atoms with Gasteiger partial charge in [-0.2, -0.15) is 13.2 Å². The first-order chi connectivity index (χ1) is 11.2. The maximum Gasteiger partial charge on any atom is 0.390 e. The highest BCUT2D eigenvalue weighted by Gasteiger charge is 2.53. The van der Waals surface area contributed by atoms with Crippen molar-refractivity contribution in [1.82, 2.24) is 0 Å². The third-order valence-electron chi connectivity index (χ3n) is 4.30. The van der Waals surface area contributed by atoms with E-state index in [2.05, 4.69) is 15.9 Å². The van der Waals surface area contributed by atoms with Crippen molar-refractivity contribution in [2.24, 2.45) is 0 Å². The van der Waals surface area contributed by atoms with E-state index in [4.69, 9.17) is 0 Å². The molecule has 2 aromatic rings. The minimum absolute atomic E-state index is 0.252. The van der Waals surface area contributed by atoms with E-state index in [9.17, 15) is 18.0 Å². The number of anilines is 1. The van der Waals surface area contributed by atoms with Crippen LogP contribution in [-0.2, 0) is 16.8 Å². The third kappa shape index (κ3) is 3.07. The van der Waals surface area contributed by atoms with Gasteiger partial charge < -0.3 is 4.90 Å². The number of hydrogen-bond donors (Lipinski definition) is 0. The number of benzene rings is 2. The number of fused-ring (bicyclic) bond motifs is 1. The molecule has 0 saturated carbocycles. The van der Waals surface area contributed by atoms with Crippen LogP contribution in [0.3, 0.4) is 0 Å². The number of amides is 1. The van der Waals surface area contributed by atoms with Crippen molar-refractivity contribution < 1.29 is 18.0 Å². The molecular weight excluding hydrogens is 383 g/mol. The molecule has 0 spiro atoms. The lowest BCUT2D eigenvalue weighted by atomic mass is 9.80. The summed E-state index contributed by atoms with van der Waals surface area (Å²) < 4.78 is 39.9. The second-order valence-corrected chi connectivity index (χ2v) is 7.08. The van der Waals surface area contributed by atoms with Gasteiger partial charge in [0, 0.05) is 10.2 Å². The third-order valence-corrected chi connectivity index (χ3v) is 4.79. The van der Waals surface area contributed by atoms with Gasteiger partial charge in [0.15, 0.2) is 0 Å². The van der Waals surface area contributed by atoms with Gasteiger partial charge in [0.25, 0.3) is 0 Å². The Hall–Kier alpha value is -1.82. The van der Waals surface area contributed by atoms with Crippen molar-refractivity contribution >= 4 is 27.5 Å². The fourth-order valence-corrected chi connectivity index (χ4v) is 3.56. The molecule has 1 aliphatic heterocycles. The Labute approximate surface area is 146 Å². The van der Waals surface area contributed by atoms with Crippen molar-refractivity contribution in [2.75, 3.05) is 4.90 Å². The van der Waals surface area contributed by atoms with E-state index in [1.165, 1.54) is 11.8 Å². The Kier molecular flexibility index (Phi) is 4.20. The summed E-state index contributed by atoms with van der Waals surface area (Å²) in [6.45, 7) is 1.63. The second kappa shape index (κ2) is 5.92. The molecule has 2 aromatic carbocycles. The maximum absolute atomic E-state index is 13.1. The van der Waals surface area contributed by atoms with Crippen molar-refractivity contribution in [3.05, 3.63) is 64.1 Å². The summed E-state index contributed by atoms with van der Waals surface area (Å²) >= 11 is 3.29. The molecule has 2 nitrogen and oxygen atoms in total. The number of alkyl halides is 3. The molecule has 0 bridgehead atoms. The number of hydrogen-bond acceptors (Lipinski definition) is 1. The van der Waals surface area contributed by atoms with Crippen LogP contribution < -0.4 is 4.90 Å². The van der Waals surface area contributed by atoms with Crippen LogP contribution in [0.1, 0.15) is 24.5 Å². The lowest BCUT2D eigenvalue weighted by Gasteiger charge is -2.25. The van der Waals surface area contributed by atoms with E-state index in [1.807, 2.05) is 30.3 Å². The summed E-state index contributed by atoms with van der Waals surface area (Å²) in [4.78, 5) is 14.3. The zero-order valence-electron chi connectivity index (χ0n) is 12.9. The molecule has 0 saturated heterocycles. The topological polar surface area (TPSA) is 20.3 Å². The summed E-state index contributed by atoms with van der Waals surface area (Å²) in [5.74, 6) is -0.517. The first-order valence-corrected chi connectivity index (χ1v) is 8.23. The number of rotatable bonds is 3. The molecular formula is C18H15BrF3NO. The molecule has 0 aromatic heterocycles. The van der Waals surface area contributed by atoms with Gasteiger partial charge in [-0.3, -0.25) is 4.79 Å². The lowest BCUT2D eigenvalue weighted by Crippen LogP contribution is -2.40. The fourth-order valence-electron chi connectivity index (χ4n) is 3.20. The average Bonchev–Trinajstić information content (AvgIpc) is 2.69. The zero-order chi connectivity index (χ0) is 17.5. The summed E-state index contributed by atoms with van der Waals surface area (Å²) in [5, 5.41) is 0. The zero-order valence-corrected chi connectivity index (χ0v) is 14.5. The largest absolute Gasteiger partial charge is 0.390 e. The van der Waals surface area contributed by atoms with Crippen LogP contribution in [0.2, 0.25) is 0 Å². The molecule has 24 heavy (non-hydrogen) atoms. The van der Waals surface area contributed by atoms with Gasteiger partial charge in [-0.15, -0.1) is 0 Å².